The fourth-order valence-electron chi connectivity index (χ4n) is 4.98. The highest BCUT2D eigenvalue weighted by Gasteiger charge is 2.59. The van der Waals surface area contributed by atoms with Crippen LogP contribution in [0.5, 0.6) is 0 Å². The Morgan fingerprint density at radius 1 is 1.18 bits per heavy atom. The summed E-state index contributed by atoms with van der Waals surface area (Å²) in [4.78, 5) is 0. The zero-order valence-electron chi connectivity index (χ0n) is 9.53. The van der Waals surface area contributed by atoms with Crippen molar-refractivity contribution in [2.45, 2.75) is 49.5 Å². The van der Waals surface area contributed by atoms with Crippen LogP contribution in [0, 0.1) is 11.8 Å². The molecule has 2 atom stereocenters. The van der Waals surface area contributed by atoms with E-state index in [1.807, 2.05) is 0 Å². The molecule has 1 aromatic rings. The summed E-state index contributed by atoms with van der Waals surface area (Å²) in [5.41, 5.74) is 0.491. The Hall–Kier alpha value is -0.420. The quantitative estimate of drug-likeness (QED) is 0.865. The highest BCUT2D eigenvalue weighted by atomic mass is 79.9. The van der Waals surface area contributed by atoms with E-state index in [0.717, 1.165) is 42.4 Å². The Balaban J connectivity index is 1.82. The molecule has 4 aliphatic rings. The van der Waals surface area contributed by atoms with Crippen molar-refractivity contribution < 1.29 is 9.74 Å². The van der Waals surface area contributed by atoms with Crippen molar-refractivity contribution in [2.24, 2.45) is 11.8 Å². The molecular weight excluding hydrogens is 284 g/mol. The predicted octanol–water partition coefficient (Wildman–Crippen LogP) is 2.41. The van der Waals surface area contributed by atoms with Gasteiger partial charge in [0.2, 0.25) is 0 Å². The lowest BCUT2D eigenvalue weighted by Crippen LogP contribution is -2.57. The van der Waals surface area contributed by atoms with Gasteiger partial charge >= 0.3 is 0 Å². The predicted molar refractivity (Wildman–Crippen MR) is 63.3 cm³/mol. The zero-order valence-corrected chi connectivity index (χ0v) is 11.1. The van der Waals surface area contributed by atoms with Crippen LogP contribution in [-0.4, -0.2) is 21.0 Å². The Bertz CT molecular complexity index is 459. The second-order valence-corrected chi connectivity index (χ2v) is 7.12. The molecule has 4 fully saturated rings. The lowest BCUT2D eigenvalue weighted by molar-refractivity contribution is -0.138. The van der Waals surface area contributed by atoms with Crippen LogP contribution >= 0.6 is 15.9 Å². The molecule has 0 amide bonds. The SMILES string of the molecule is OC12CC3CC(C1)CC(c1nonc1Br)(C3)C2. The van der Waals surface area contributed by atoms with Crippen molar-refractivity contribution in [2.75, 3.05) is 0 Å². The van der Waals surface area contributed by atoms with Gasteiger partial charge in [-0.1, -0.05) is 5.16 Å². The van der Waals surface area contributed by atoms with E-state index in [1.165, 1.54) is 6.42 Å². The van der Waals surface area contributed by atoms with Crippen LogP contribution in [0.15, 0.2) is 9.23 Å². The van der Waals surface area contributed by atoms with E-state index in [0.29, 0.717) is 11.8 Å². The van der Waals surface area contributed by atoms with E-state index < -0.39 is 5.60 Å². The minimum Gasteiger partial charge on any atom is -0.390 e. The van der Waals surface area contributed by atoms with Crippen molar-refractivity contribution in [3.8, 4) is 0 Å². The molecule has 5 rings (SSSR count). The number of hydrogen-bond donors (Lipinski definition) is 1. The third-order valence-corrected chi connectivity index (χ3v) is 5.50. The molecule has 92 valence electrons. The van der Waals surface area contributed by atoms with E-state index in [1.54, 1.807) is 0 Å². The zero-order chi connectivity index (χ0) is 11.7. The third-order valence-electron chi connectivity index (χ3n) is 4.98. The summed E-state index contributed by atoms with van der Waals surface area (Å²) in [6.07, 6.45) is 6.35. The largest absolute Gasteiger partial charge is 0.390 e. The Morgan fingerprint density at radius 2 is 1.88 bits per heavy atom. The molecule has 4 bridgehead atoms. The van der Waals surface area contributed by atoms with Crippen molar-refractivity contribution in [3.63, 3.8) is 0 Å². The van der Waals surface area contributed by atoms with E-state index in [4.69, 9.17) is 4.63 Å². The number of hydrogen-bond acceptors (Lipinski definition) is 4. The smallest absolute Gasteiger partial charge is 0.174 e. The van der Waals surface area contributed by atoms with E-state index in [9.17, 15) is 5.11 Å². The van der Waals surface area contributed by atoms with Gasteiger partial charge in [-0.15, -0.1) is 0 Å². The number of aromatic nitrogens is 2. The Morgan fingerprint density at radius 3 is 2.41 bits per heavy atom. The molecule has 0 saturated heterocycles. The first-order valence-electron chi connectivity index (χ1n) is 6.30. The fraction of sp³-hybridized carbons (Fsp3) is 0.833. The molecule has 0 spiro atoms. The first-order chi connectivity index (χ1) is 8.09. The van der Waals surface area contributed by atoms with E-state index >= 15 is 0 Å². The maximum atomic E-state index is 10.7. The standard InChI is InChI=1S/C12H15BrN2O2/c13-10-9(14-17-15-10)11-2-7-1-8(3-11)5-12(16,4-7)6-11/h7-8,16H,1-6H2. The maximum absolute atomic E-state index is 10.7. The molecule has 0 aromatic carbocycles. The average molecular weight is 299 g/mol. The van der Waals surface area contributed by atoms with Gasteiger partial charge in [0.05, 0.1) is 5.60 Å². The van der Waals surface area contributed by atoms with E-state index in [2.05, 4.69) is 26.2 Å². The minimum absolute atomic E-state index is 0.0116. The average Bonchev–Trinajstić information content (AvgIpc) is 2.60. The molecule has 4 saturated carbocycles. The summed E-state index contributed by atoms with van der Waals surface area (Å²) < 4.78 is 5.56. The van der Waals surface area contributed by atoms with Gasteiger partial charge in [0.1, 0.15) is 5.69 Å². The summed E-state index contributed by atoms with van der Waals surface area (Å²) in [5, 5.41) is 18.6. The molecule has 17 heavy (non-hydrogen) atoms. The van der Waals surface area contributed by atoms with Gasteiger partial charge in [-0.05, 0) is 71.4 Å². The van der Waals surface area contributed by atoms with Gasteiger partial charge in [0, 0.05) is 5.41 Å². The molecule has 2 unspecified atom stereocenters. The summed E-state index contributed by atoms with van der Waals surface area (Å²) in [7, 11) is 0. The van der Waals surface area contributed by atoms with Crippen LogP contribution in [0.1, 0.15) is 44.2 Å². The van der Waals surface area contributed by atoms with Crippen molar-refractivity contribution >= 4 is 15.9 Å². The van der Waals surface area contributed by atoms with Crippen LogP contribution in [0.4, 0.5) is 0 Å². The topological polar surface area (TPSA) is 59.2 Å². The first kappa shape index (κ1) is 10.5. The van der Waals surface area contributed by atoms with Gasteiger partial charge in [-0.3, -0.25) is 0 Å². The Labute approximate surface area is 108 Å². The van der Waals surface area contributed by atoms with Crippen LogP contribution < -0.4 is 0 Å². The molecule has 4 aliphatic carbocycles. The monoisotopic (exact) mass is 298 g/mol. The lowest BCUT2D eigenvalue weighted by Gasteiger charge is -2.59. The first-order valence-corrected chi connectivity index (χ1v) is 7.09. The van der Waals surface area contributed by atoms with Crippen molar-refractivity contribution in [1.82, 2.24) is 10.3 Å². The molecule has 4 nitrogen and oxygen atoms in total. The molecule has 1 N–H and O–H groups in total. The summed E-state index contributed by atoms with van der Waals surface area (Å²) in [6.45, 7) is 0. The summed E-state index contributed by atoms with van der Waals surface area (Å²) in [6, 6.07) is 0. The molecular formula is C12H15BrN2O2. The van der Waals surface area contributed by atoms with Crippen molar-refractivity contribution in [3.05, 3.63) is 10.3 Å². The maximum Gasteiger partial charge on any atom is 0.174 e. The van der Waals surface area contributed by atoms with Crippen molar-refractivity contribution in [1.29, 1.82) is 0 Å². The molecule has 1 heterocycles. The number of nitrogens with zero attached hydrogens (tertiary/aromatic N) is 2. The second-order valence-electron chi connectivity index (χ2n) is 6.37. The molecule has 5 heteroatoms. The van der Waals surface area contributed by atoms with Crippen LogP contribution in [0.3, 0.4) is 0 Å². The summed E-state index contributed by atoms with van der Waals surface area (Å²) >= 11 is 3.43. The Kier molecular flexibility index (Phi) is 1.93. The number of halogens is 1. The normalized spacial score (nSPS) is 47.6. The van der Waals surface area contributed by atoms with Crippen LogP contribution in [0.25, 0.3) is 0 Å². The van der Waals surface area contributed by atoms with Gasteiger partial charge in [-0.2, -0.15) is 0 Å². The van der Waals surface area contributed by atoms with Gasteiger partial charge in [0.25, 0.3) is 0 Å². The van der Waals surface area contributed by atoms with Crippen LogP contribution in [0.2, 0.25) is 0 Å². The summed E-state index contributed by atoms with van der Waals surface area (Å²) in [5.74, 6) is 1.31. The van der Waals surface area contributed by atoms with Crippen LogP contribution in [-0.2, 0) is 5.41 Å². The fourth-order valence-corrected chi connectivity index (χ4v) is 5.54. The van der Waals surface area contributed by atoms with E-state index in [-0.39, 0.29) is 5.41 Å². The molecule has 0 aliphatic heterocycles. The van der Waals surface area contributed by atoms with Gasteiger partial charge in [0.15, 0.2) is 4.60 Å². The molecule has 0 radical (unpaired) electrons. The third kappa shape index (κ3) is 1.38. The highest BCUT2D eigenvalue weighted by Crippen LogP contribution is 2.62. The lowest BCUT2D eigenvalue weighted by atomic mass is 9.47. The molecule has 1 aromatic heterocycles. The van der Waals surface area contributed by atoms with Gasteiger partial charge in [-0.25, -0.2) is 4.63 Å². The minimum atomic E-state index is -0.456. The van der Waals surface area contributed by atoms with Gasteiger partial charge < -0.3 is 5.11 Å². The highest BCUT2D eigenvalue weighted by molar-refractivity contribution is 9.10. The number of rotatable bonds is 1. The number of aliphatic hydroxyl groups is 1. The second kappa shape index (κ2) is 3.12.